The van der Waals surface area contributed by atoms with E-state index in [0.717, 1.165) is 5.56 Å². The second kappa shape index (κ2) is 4.92. The average molecular weight is 270 g/mol. The van der Waals surface area contributed by atoms with Crippen molar-refractivity contribution in [2.45, 2.75) is 0 Å². The maximum Gasteiger partial charge on any atom is 0.244 e. The summed E-state index contributed by atoms with van der Waals surface area (Å²) in [5, 5.41) is 18.1. The zero-order valence-corrected chi connectivity index (χ0v) is 10.5. The van der Waals surface area contributed by atoms with Gasteiger partial charge in [0, 0.05) is 12.6 Å². The normalized spacial score (nSPS) is 10.4. The molecule has 2 aromatic heterocycles. The minimum atomic E-state index is 0.223. The molecule has 0 aliphatic carbocycles. The van der Waals surface area contributed by atoms with Crippen LogP contribution in [0.5, 0.6) is 0 Å². The number of nitrogens with one attached hydrogen (secondary N) is 1. The van der Waals surface area contributed by atoms with Gasteiger partial charge in [-0.3, -0.25) is 4.79 Å². The lowest BCUT2D eigenvalue weighted by molar-refractivity contribution is 0.111. The Balaban J connectivity index is 2.23. The Morgan fingerprint density at radius 2 is 2.05 bits per heavy atom. The molecule has 20 heavy (non-hydrogen) atoms. The molecule has 1 N–H and O–H groups in total. The highest BCUT2D eigenvalue weighted by atomic mass is 16.6. The molecular formula is C12H10N6O2. The lowest BCUT2D eigenvalue weighted by Crippen LogP contribution is -2.04. The zero-order valence-electron chi connectivity index (χ0n) is 10.5. The van der Waals surface area contributed by atoms with Gasteiger partial charge in [-0.25, -0.2) is 4.63 Å². The Bertz CT molecular complexity index is 734. The van der Waals surface area contributed by atoms with Crippen molar-refractivity contribution < 1.29 is 9.42 Å². The third kappa shape index (κ3) is 1.83. The van der Waals surface area contributed by atoms with Gasteiger partial charge in [0.1, 0.15) is 5.69 Å². The number of hydrogen-bond acceptors (Lipinski definition) is 7. The second-order valence-corrected chi connectivity index (χ2v) is 3.91. The highest BCUT2D eigenvalue weighted by molar-refractivity contribution is 5.84. The predicted molar refractivity (Wildman–Crippen MR) is 69.6 cm³/mol. The molecule has 8 nitrogen and oxygen atoms in total. The number of hydrogen-bond donors (Lipinski definition) is 1. The van der Waals surface area contributed by atoms with E-state index >= 15 is 0 Å². The second-order valence-electron chi connectivity index (χ2n) is 3.91. The summed E-state index contributed by atoms with van der Waals surface area (Å²) in [7, 11) is 1.68. The van der Waals surface area contributed by atoms with Crippen LogP contribution in [-0.4, -0.2) is 38.6 Å². The topological polar surface area (TPSA) is 98.7 Å². The maximum atomic E-state index is 11.1. The Morgan fingerprint density at radius 1 is 1.25 bits per heavy atom. The molecule has 0 unspecified atom stereocenters. The number of rotatable bonds is 4. The molecule has 0 saturated carbocycles. The summed E-state index contributed by atoms with van der Waals surface area (Å²) in [6, 6.07) is 9.32. The molecule has 0 bridgehead atoms. The fourth-order valence-electron chi connectivity index (χ4n) is 1.87. The highest BCUT2D eigenvalue weighted by Gasteiger charge is 2.20. The van der Waals surface area contributed by atoms with Gasteiger partial charge in [-0.2, -0.15) is 4.68 Å². The Labute approximate surface area is 113 Å². The molecule has 0 amide bonds. The van der Waals surface area contributed by atoms with E-state index in [-0.39, 0.29) is 5.69 Å². The third-order valence-corrected chi connectivity index (χ3v) is 2.76. The van der Waals surface area contributed by atoms with Crippen LogP contribution < -0.4 is 5.32 Å². The van der Waals surface area contributed by atoms with Crippen molar-refractivity contribution in [3.63, 3.8) is 0 Å². The van der Waals surface area contributed by atoms with Crippen LogP contribution in [-0.2, 0) is 0 Å². The van der Waals surface area contributed by atoms with Crippen molar-refractivity contribution in [3.05, 3.63) is 36.0 Å². The summed E-state index contributed by atoms with van der Waals surface area (Å²) in [5.41, 5.74) is 1.55. The first kappa shape index (κ1) is 12.0. The van der Waals surface area contributed by atoms with E-state index < -0.39 is 0 Å². The fourth-order valence-corrected chi connectivity index (χ4v) is 1.87. The predicted octanol–water partition coefficient (Wildman–Crippen LogP) is 1.17. The average Bonchev–Trinajstić information content (AvgIpc) is 3.13. The number of benzene rings is 1. The standard InChI is InChI=1S/C12H10N6O2/c1-13-11-12(16-20-15-11)18-10(9(7-19)14-17-18)8-5-3-2-4-6-8/h2-7H,1H3,(H,13,15). The van der Waals surface area contributed by atoms with Crippen LogP contribution in [0.4, 0.5) is 5.82 Å². The van der Waals surface area contributed by atoms with Crippen LogP contribution in [0.2, 0.25) is 0 Å². The summed E-state index contributed by atoms with van der Waals surface area (Å²) in [6.45, 7) is 0. The van der Waals surface area contributed by atoms with E-state index in [2.05, 4.69) is 30.6 Å². The Kier molecular flexibility index (Phi) is 2.96. The summed E-state index contributed by atoms with van der Waals surface area (Å²) in [6.07, 6.45) is 0.651. The lowest BCUT2D eigenvalue weighted by Gasteiger charge is -2.04. The molecule has 2 heterocycles. The molecule has 0 radical (unpaired) electrons. The van der Waals surface area contributed by atoms with Crippen molar-refractivity contribution in [2.24, 2.45) is 0 Å². The molecule has 0 atom stereocenters. The lowest BCUT2D eigenvalue weighted by atomic mass is 10.1. The molecular weight excluding hydrogens is 260 g/mol. The van der Waals surface area contributed by atoms with Crippen LogP contribution >= 0.6 is 0 Å². The Morgan fingerprint density at radius 3 is 2.75 bits per heavy atom. The van der Waals surface area contributed by atoms with Crippen LogP contribution in [0.25, 0.3) is 17.1 Å². The minimum Gasteiger partial charge on any atom is -0.367 e. The number of aldehydes is 1. The number of anilines is 1. The summed E-state index contributed by atoms with van der Waals surface area (Å²) in [4.78, 5) is 11.1. The quantitative estimate of drug-likeness (QED) is 0.710. The molecule has 0 fully saturated rings. The number of aromatic nitrogens is 5. The highest BCUT2D eigenvalue weighted by Crippen LogP contribution is 2.25. The van der Waals surface area contributed by atoms with Gasteiger partial charge >= 0.3 is 0 Å². The van der Waals surface area contributed by atoms with Gasteiger partial charge in [-0.05, 0) is 10.3 Å². The summed E-state index contributed by atoms with van der Waals surface area (Å²) >= 11 is 0. The molecule has 0 aliphatic heterocycles. The Hall–Kier alpha value is -3.03. The van der Waals surface area contributed by atoms with E-state index in [1.807, 2.05) is 30.3 Å². The monoisotopic (exact) mass is 270 g/mol. The first-order chi connectivity index (χ1) is 9.85. The molecule has 3 aromatic rings. The first-order valence-corrected chi connectivity index (χ1v) is 5.82. The van der Waals surface area contributed by atoms with Gasteiger partial charge in [0.2, 0.25) is 11.6 Å². The van der Waals surface area contributed by atoms with Crippen molar-refractivity contribution >= 4 is 12.1 Å². The number of carbonyl (C=O) groups excluding carboxylic acids is 1. The van der Waals surface area contributed by atoms with Crippen molar-refractivity contribution in [1.29, 1.82) is 0 Å². The SMILES string of the molecule is CNc1nonc1-n1nnc(C=O)c1-c1ccccc1. The van der Waals surface area contributed by atoms with Gasteiger partial charge in [0.25, 0.3) is 0 Å². The van der Waals surface area contributed by atoms with Gasteiger partial charge in [0.15, 0.2) is 12.0 Å². The van der Waals surface area contributed by atoms with E-state index in [1.165, 1.54) is 4.68 Å². The van der Waals surface area contributed by atoms with Gasteiger partial charge in [0.05, 0.1) is 0 Å². The van der Waals surface area contributed by atoms with Crippen molar-refractivity contribution in [3.8, 4) is 17.1 Å². The van der Waals surface area contributed by atoms with Gasteiger partial charge in [-0.1, -0.05) is 35.5 Å². The van der Waals surface area contributed by atoms with Gasteiger partial charge in [-0.15, -0.1) is 5.10 Å². The van der Waals surface area contributed by atoms with E-state index in [1.54, 1.807) is 7.05 Å². The molecule has 3 rings (SSSR count). The number of nitrogens with zero attached hydrogens (tertiary/aromatic N) is 5. The fraction of sp³-hybridized carbons (Fsp3) is 0.0833. The third-order valence-electron chi connectivity index (χ3n) is 2.76. The summed E-state index contributed by atoms with van der Waals surface area (Å²) in [5.74, 6) is 0.747. The molecule has 100 valence electrons. The van der Waals surface area contributed by atoms with E-state index in [9.17, 15) is 4.79 Å². The molecule has 0 aliphatic rings. The molecule has 8 heteroatoms. The van der Waals surface area contributed by atoms with Crippen molar-refractivity contribution in [1.82, 2.24) is 25.3 Å². The van der Waals surface area contributed by atoms with Crippen LogP contribution in [0.1, 0.15) is 10.5 Å². The van der Waals surface area contributed by atoms with E-state index in [4.69, 9.17) is 0 Å². The van der Waals surface area contributed by atoms with Crippen molar-refractivity contribution in [2.75, 3.05) is 12.4 Å². The number of carbonyl (C=O) groups is 1. The van der Waals surface area contributed by atoms with Gasteiger partial charge < -0.3 is 5.32 Å². The molecule has 0 saturated heterocycles. The smallest absolute Gasteiger partial charge is 0.244 e. The van der Waals surface area contributed by atoms with Crippen LogP contribution in [0, 0.1) is 0 Å². The maximum absolute atomic E-state index is 11.1. The summed E-state index contributed by atoms with van der Waals surface area (Å²) < 4.78 is 6.10. The largest absolute Gasteiger partial charge is 0.367 e. The zero-order chi connectivity index (χ0) is 13.9. The first-order valence-electron chi connectivity index (χ1n) is 5.82. The molecule has 1 aromatic carbocycles. The minimum absolute atomic E-state index is 0.223. The van der Waals surface area contributed by atoms with E-state index in [0.29, 0.717) is 23.6 Å². The molecule has 0 spiro atoms. The van der Waals surface area contributed by atoms with Crippen LogP contribution in [0.3, 0.4) is 0 Å². The van der Waals surface area contributed by atoms with Crippen LogP contribution in [0.15, 0.2) is 35.0 Å².